The Hall–Kier alpha value is -9.51. The Morgan fingerprint density at radius 3 is 1.39 bits per heavy atom. The second kappa shape index (κ2) is 35.7. The van der Waals surface area contributed by atoms with Crippen LogP contribution in [0.4, 0.5) is 4.39 Å². The molecule has 3 aromatic carbocycles. The van der Waals surface area contributed by atoms with Crippen molar-refractivity contribution in [3.63, 3.8) is 0 Å². The fourth-order valence-electron chi connectivity index (χ4n) is 9.71. The summed E-state index contributed by atoms with van der Waals surface area (Å²) in [7, 11) is 1.63. The lowest BCUT2D eigenvalue weighted by atomic mass is 9.85. The highest BCUT2D eigenvalue weighted by Gasteiger charge is 2.24. The monoisotopic (exact) mass is 1380 g/mol. The van der Waals surface area contributed by atoms with Crippen LogP contribution in [0, 0.1) is 5.82 Å². The van der Waals surface area contributed by atoms with E-state index < -0.39 is 11.7 Å². The number of nitrogens with two attached hydrogens (primary N) is 1. The second-order valence-electron chi connectivity index (χ2n) is 32.4. The van der Waals surface area contributed by atoms with E-state index in [1.54, 1.807) is 37.8 Å². The van der Waals surface area contributed by atoms with E-state index in [4.69, 9.17) is 10.5 Å². The maximum Gasteiger partial charge on any atom is 0.251 e. The third kappa shape index (κ3) is 26.2. The Morgan fingerprint density at radius 1 is 0.515 bits per heavy atom. The first-order chi connectivity index (χ1) is 46.8. The highest BCUT2D eigenvalue weighted by Crippen LogP contribution is 2.32. The normalized spacial score (nSPS) is 12.4. The number of pyridine rings is 4. The first kappa shape index (κ1) is 83.9. The first-order valence-electron chi connectivity index (χ1n) is 34.8. The van der Waals surface area contributed by atoms with Gasteiger partial charge in [-0.15, -0.1) is 0 Å². The number of primary amides is 1. The van der Waals surface area contributed by atoms with Gasteiger partial charge in [0.05, 0.1) is 24.6 Å². The molecular formula is C84H117FN12O4. The number of halogens is 1. The molecular weight excluding hydrogens is 1260 g/mol. The molecule has 0 fully saturated rings. The predicted molar refractivity (Wildman–Crippen MR) is 418 cm³/mol. The Morgan fingerprint density at radius 2 is 0.970 bits per heavy atom. The largest absolute Gasteiger partial charge is 0.481 e. The van der Waals surface area contributed by atoms with Gasteiger partial charge in [-0.25, -0.2) is 19.3 Å². The summed E-state index contributed by atoms with van der Waals surface area (Å²) in [4.78, 5) is 54.6. The van der Waals surface area contributed by atoms with Crippen LogP contribution in [-0.2, 0) is 51.0 Å². The highest BCUT2D eigenvalue weighted by atomic mass is 19.1. The molecule has 10 aromatic rings. The molecule has 17 heteroatoms. The van der Waals surface area contributed by atoms with Gasteiger partial charge in [0.25, 0.3) is 11.8 Å². The molecule has 2 amide bonds. The van der Waals surface area contributed by atoms with Gasteiger partial charge in [0.15, 0.2) is 0 Å². The molecule has 0 spiro atoms. The van der Waals surface area contributed by atoms with Gasteiger partial charge in [-0.3, -0.25) is 14.4 Å². The third-order valence-corrected chi connectivity index (χ3v) is 16.5. The number of nitrogens with zero attached hydrogens (tertiary/aromatic N) is 5. The lowest BCUT2D eigenvalue weighted by Crippen LogP contribution is -2.15. The van der Waals surface area contributed by atoms with Crippen LogP contribution in [0.15, 0.2) is 158 Å². The lowest BCUT2D eigenvalue weighted by molar-refractivity contribution is 0.0963. The van der Waals surface area contributed by atoms with Crippen molar-refractivity contribution in [1.29, 1.82) is 0 Å². The van der Waals surface area contributed by atoms with Crippen LogP contribution in [0.5, 0.6) is 5.88 Å². The molecule has 2 aliphatic heterocycles. The number of methoxy groups -OCH3 is 1. The number of aromatic amines is 4. The van der Waals surface area contributed by atoms with Crippen molar-refractivity contribution >= 4 is 39.6 Å². The van der Waals surface area contributed by atoms with Crippen molar-refractivity contribution < 1.29 is 18.7 Å². The van der Waals surface area contributed by atoms with Gasteiger partial charge in [0, 0.05) is 95.4 Å². The van der Waals surface area contributed by atoms with E-state index in [9.17, 15) is 18.8 Å². The van der Waals surface area contributed by atoms with Gasteiger partial charge in [-0.1, -0.05) is 210 Å². The molecule has 0 unspecified atom stereocenters. The van der Waals surface area contributed by atoms with Crippen molar-refractivity contribution in [3.8, 4) is 5.88 Å². The van der Waals surface area contributed by atoms with Crippen LogP contribution >= 0.6 is 0 Å². The van der Waals surface area contributed by atoms with Crippen molar-refractivity contribution in [3.05, 3.63) is 242 Å². The number of hydrogen-bond acceptors (Lipinski definition) is 10. The van der Waals surface area contributed by atoms with Crippen molar-refractivity contribution in [2.45, 2.75) is 230 Å². The number of benzene rings is 3. The minimum atomic E-state index is -0.722. The summed E-state index contributed by atoms with van der Waals surface area (Å²) < 4.78 is 18.0. The zero-order valence-electron chi connectivity index (χ0n) is 65.4. The molecule has 16 nitrogen and oxygen atoms in total. The average Bonchev–Trinajstić information content (AvgIpc) is 1.74. The number of nitrogens with one attached hydrogen (secondary N) is 6. The van der Waals surface area contributed by atoms with Gasteiger partial charge in [0.1, 0.15) is 17.1 Å². The molecule has 0 aliphatic carbocycles. The van der Waals surface area contributed by atoms with Gasteiger partial charge in [-0.2, -0.15) is 15.4 Å². The van der Waals surface area contributed by atoms with E-state index in [0.29, 0.717) is 12.4 Å². The molecule has 544 valence electrons. The number of H-pyrrole nitrogens is 4. The first-order valence-corrected chi connectivity index (χ1v) is 34.8. The number of carbonyl (C=O) groups is 2. The van der Waals surface area contributed by atoms with Crippen molar-refractivity contribution in [2.24, 2.45) is 5.73 Å². The maximum atomic E-state index is 13.0. The maximum absolute atomic E-state index is 13.0. The number of fused-ring (bicyclic) bond motifs is 4. The fourth-order valence-corrected chi connectivity index (χ4v) is 9.71. The van der Waals surface area contributed by atoms with E-state index in [1.807, 2.05) is 82.8 Å². The van der Waals surface area contributed by atoms with E-state index in [1.165, 1.54) is 61.8 Å². The van der Waals surface area contributed by atoms with Crippen LogP contribution in [0.2, 0.25) is 0 Å². The third-order valence-electron chi connectivity index (χ3n) is 16.5. The predicted octanol–water partition coefficient (Wildman–Crippen LogP) is 19.2. The van der Waals surface area contributed by atoms with Crippen LogP contribution in [-0.4, -0.2) is 64.2 Å². The van der Waals surface area contributed by atoms with Crippen LogP contribution < -0.4 is 26.7 Å². The quantitative estimate of drug-likeness (QED) is 0.0883. The summed E-state index contributed by atoms with van der Waals surface area (Å²) in [6, 6.07) is 33.4. The summed E-state index contributed by atoms with van der Waals surface area (Å²) in [6.45, 7) is 59.0. The van der Waals surface area contributed by atoms with E-state index in [2.05, 4.69) is 256 Å². The standard InChI is InChI=1S/C13H17N.C12H15NO.2C11H14N2.C10H12FNO.C10H15NO.C9H13NO.C6H11N3.C2H6/c1-9-12-7-11(13(2,3)4)6-5-10(12)8-14-9;1-12(2,3)9-5-4-8-7-13-11(14)10(8)6-9;2*1-11(2,3)9-6-8-4-5-12-10(8)13-7-9;1-6(2)7-3-4-9(11)8(5-7)10(12)13;1-10(2,3)8-5-6-11-9(7-8)12-4;1-9(2,3)7-4-5-10-8(11)6-7;1-6(2,3)5-4-7-9-8-5;1-2/h5-7,14H,1,8H2,2-4H3;4-6H,7H2,1-3H3,(H,13,14);2*4-7H,1-3H3,(H,12,13);3-6H,1-2H3,(H2,12,13);5-7H,1-4H3;4-6H,1-3H3,(H,10,11);4H,1-3H3,(H,7,8,9);1-2H3. The summed E-state index contributed by atoms with van der Waals surface area (Å²) in [5.74, 6) is -0.274. The number of amides is 2. The summed E-state index contributed by atoms with van der Waals surface area (Å²) in [5, 5.41) is 18.7. The van der Waals surface area contributed by atoms with Gasteiger partial charge >= 0.3 is 0 Å². The van der Waals surface area contributed by atoms with E-state index in [0.717, 1.165) is 51.5 Å². The van der Waals surface area contributed by atoms with Gasteiger partial charge in [-0.05, 0) is 149 Å². The van der Waals surface area contributed by atoms with Crippen LogP contribution in [0.3, 0.4) is 0 Å². The number of carbonyl (C=O) groups excluding carboxylic acids is 2. The Bertz CT molecular complexity index is 4170. The van der Waals surface area contributed by atoms with Crippen molar-refractivity contribution in [1.82, 2.24) is 55.9 Å². The number of aromatic nitrogens is 9. The SMILES string of the molecule is C=C1NCc2ccc(C(C)(C)C)cc21.CC.CC(C)(C)c1cc[nH]c(=O)c1.CC(C)(C)c1ccc2c(c1)C(=O)NC2.CC(C)(C)c1cn[nH]n1.CC(C)(C)c1cnc2[nH]ccc2c1.CC(C)(C)c1cnc2[nH]ccc2c1.CC(C)c1ccc(F)c(C(N)=O)c1.COc1cc(C(C)(C)C)ccn1. The fraction of sp³-hybridized carbons (Fsp3) is 0.429. The Labute approximate surface area is 601 Å². The number of hydrogen-bond donors (Lipinski definition) is 7. The van der Waals surface area contributed by atoms with Crippen molar-refractivity contribution in [2.75, 3.05) is 7.11 Å². The Kier molecular flexibility index (Phi) is 29.7. The smallest absolute Gasteiger partial charge is 0.251 e. The lowest BCUT2D eigenvalue weighted by Gasteiger charge is -2.19. The van der Waals surface area contributed by atoms with E-state index in [-0.39, 0.29) is 60.9 Å². The van der Waals surface area contributed by atoms with Gasteiger partial charge in [0.2, 0.25) is 11.4 Å². The van der Waals surface area contributed by atoms with Crippen LogP contribution in [0.1, 0.15) is 261 Å². The molecule has 101 heavy (non-hydrogen) atoms. The summed E-state index contributed by atoms with van der Waals surface area (Å²) in [5.41, 5.74) is 23.0. The minimum absolute atomic E-state index is 0.0302. The molecule has 0 atom stereocenters. The molecule has 9 heterocycles. The molecule has 8 N–H and O–H groups in total. The molecule has 7 aromatic heterocycles. The second-order valence-corrected chi connectivity index (χ2v) is 32.4. The molecule has 0 radical (unpaired) electrons. The Balaban J connectivity index is 0.000000245. The zero-order chi connectivity index (χ0) is 76.2. The number of rotatable bonds is 3. The molecule has 0 saturated carbocycles. The average molecular weight is 1380 g/mol. The topological polar surface area (TPSA) is 238 Å². The molecule has 12 rings (SSSR count). The zero-order valence-corrected chi connectivity index (χ0v) is 65.4. The van der Waals surface area contributed by atoms with Gasteiger partial charge < -0.3 is 36.1 Å². The molecule has 0 saturated heterocycles. The highest BCUT2D eigenvalue weighted by molar-refractivity contribution is 5.98. The summed E-state index contributed by atoms with van der Waals surface area (Å²) >= 11 is 0. The summed E-state index contributed by atoms with van der Waals surface area (Å²) in [6.07, 6.45) is 12.9. The molecule has 2 aliphatic rings. The number of ether oxygens (including phenoxy) is 1. The molecule has 0 bridgehead atoms. The van der Waals surface area contributed by atoms with E-state index >= 15 is 0 Å². The van der Waals surface area contributed by atoms with Crippen LogP contribution in [0.25, 0.3) is 27.8 Å². The minimum Gasteiger partial charge on any atom is -0.481 e.